The van der Waals surface area contributed by atoms with Gasteiger partial charge in [0.1, 0.15) is 0 Å². The van der Waals surface area contributed by atoms with E-state index in [2.05, 4.69) is 13.2 Å². The third-order valence-corrected chi connectivity index (χ3v) is 6.39. The molecule has 1 aliphatic carbocycles. The Kier molecular flexibility index (Phi) is 19.8. The zero-order chi connectivity index (χ0) is 21.5. The van der Waals surface area contributed by atoms with Crippen LogP contribution in [0.25, 0.3) is 0 Å². The minimum absolute atomic E-state index is 0.443. The number of rotatable bonds is 22. The molecule has 2 unspecified atom stereocenters. The molecule has 0 aromatic carbocycles. The average molecular weight is 421 g/mol. The first-order chi connectivity index (χ1) is 14.9. The molecule has 1 saturated carbocycles. The Morgan fingerprint density at radius 2 is 0.900 bits per heavy atom. The van der Waals surface area contributed by atoms with Gasteiger partial charge in [0, 0.05) is 13.2 Å². The van der Waals surface area contributed by atoms with Crippen molar-refractivity contribution in [2.45, 2.75) is 141 Å². The molecule has 0 saturated heterocycles. The second-order valence-corrected chi connectivity index (χ2v) is 9.26. The predicted octanol–water partition coefficient (Wildman–Crippen LogP) is 8.94. The summed E-state index contributed by atoms with van der Waals surface area (Å²) in [4.78, 5) is 0. The van der Waals surface area contributed by atoms with Crippen LogP contribution >= 0.6 is 0 Å². The number of ether oxygens (including phenoxy) is 2. The highest BCUT2D eigenvalue weighted by molar-refractivity contribution is 4.74. The van der Waals surface area contributed by atoms with Crippen molar-refractivity contribution in [3.05, 3.63) is 25.3 Å². The van der Waals surface area contributed by atoms with E-state index in [0.717, 1.165) is 19.6 Å². The summed E-state index contributed by atoms with van der Waals surface area (Å²) < 4.78 is 12.4. The van der Waals surface area contributed by atoms with Crippen LogP contribution in [0.5, 0.6) is 0 Å². The van der Waals surface area contributed by atoms with E-state index >= 15 is 0 Å². The molecule has 1 rings (SSSR count). The predicted molar refractivity (Wildman–Crippen MR) is 132 cm³/mol. The lowest BCUT2D eigenvalue weighted by molar-refractivity contribution is -0.0460. The van der Waals surface area contributed by atoms with Crippen molar-refractivity contribution < 1.29 is 9.47 Å². The summed E-state index contributed by atoms with van der Waals surface area (Å²) in [5.74, 6) is 0. The maximum Gasteiger partial charge on any atom is 0.0599 e. The highest BCUT2D eigenvalue weighted by atomic mass is 16.5. The molecule has 1 fully saturated rings. The van der Waals surface area contributed by atoms with Crippen LogP contribution in [0.4, 0.5) is 0 Å². The Labute approximate surface area is 188 Å². The van der Waals surface area contributed by atoms with E-state index in [9.17, 15) is 0 Å². The van der Waals surface area contributed by atoms with E-state index < -0.39 is 0 Å². The highest BCUT2D eigenvalue weighted by Gasteiger charge is 2.22. The van der Waals surface area contributed by atoms with Gasteiger partial charge in [-0.05, 0) is 64.2 Å². The van der Waals surface area contributed by atoms with E-state index in [1.165, 1.54) is 122 Å². The highest BCUT2D eigenvalue weighted by Crippen LogP contribution is 2.24. The number of unbranched alkanes of at least 4 members (excludes halogenated alkanes) is 14. The Hall–Kier alpha value is -0.600. The van der Waals surface area contributed by atoms with Crippen LogP contribution < -0.4 is 0 Å². The van der Waals surface area contributed by atoms with Crippen LogP contribution in [0.3, 0.4) is 0 Å². The van der Waals surface area contributed by atoms with Gasteiger partial charge in [-0.2, -0.15) is 0 Å². The molecule has 0 amide bonds. The van der Waals surface area contributed by atoms with Crippen molar-refractivity contribution in [3.63, 3.8) is 0 Å². The van der Waals surface area contributed by atoms with Crippen molar-refractivity contribution in [1.82, 2.24) is 0 Å². The number of hydrogen-bond acceptors (Lipinski definition) is 2. The van der Waals surface area contributed by atoms with E-state index in [1.54, 1.807) is 0 Å². The topological polar surface area (TPSA) is 18.5 Å². The van der Waals surface area contributed by atoms with Crippen LogP contribution in [0.1, 0.15) is 128 Å². The molecule has 2 heteroatoms. The minimum Gasteiger partial charge on any atom is -0.378 e. The summed E-state index contributed by atoms with van der Waals surface area (Å²) >= 11 is 0. The first kappa shape index (κ1) is 27.4. The minimum atomic E-state index is 0.443. The summed E-state index contributed by atoms with van der Waals surface area (Å²) in [5.41, 5.74) is 0. The summed E-state index contributed by atoms with van der Waals surface area (Å²) in [6.07, 6.45) is 30.9. The Balaban J connectivity index is 1.87. The fourth-order valence-corrected chi connectivity index (χ4v) is 4.45. The molecule has 2 nitrogen and oxygen atoms in total. The summed E-state index contributed by atoms with van der Waals surface area (Å²) in [6, 6.07) is 0. The third kappa shape index (κ3) is 17.1. The average Bonchev–Trinajstić information content (AvgIpc) is 2.76. The molecule has 0 aromatic heterocycles. The van der Waals surface area contributed by atoms with Gasteiger partial charge in [-0.1, -0.05) is 76.4 Å². The number of allylic oxidation sites excluding steroid dienone is 2. The largest absolute Gasteiger partial charge is 0.378 e. The molecule has 0 radical (unpaired) electrons. The monoisotopic (exact) mass is 420 g/mol. The van der Waals surface area contributed by atoms with Gasteiger partial charge in [0.05, 0.1) is 12.2 Å². The fourth-order valence-electron chi connectivity index (χ4n) is 4.45. The molecule has 0 aromatic rings. The molecule has 0 N–H and O–H groups in total. The van der Waals surface area contributed by atoms with Gasteiger partial charge < -0.3 is 9.47 Å². The van der Waals surface area contributed by atoms with Crippen LogP contribution in [0.2, 0.25) is 0 Å². The maximum atomic E-state index is 6.18. The van der Waals surface area contributed by atoms with Gasteiger partial charge in [-0.15, -0.1) is 13.2 Å². The van der Waals surface area contributed by atoms with Gasteiger partial charge in [0.15, 0.2) is 0 Å². The van der Waals surface area contributed by atoms with Crippen molar-refractivity contribution in [1.29, 1.82) is 0 Å². The van der Waals surface area contributed by atoms with Crippen molar-refractivity contribution in [2.75, 3.05) is 13.2 Å². The van der Waals surface area contributed by atoms with Gasteiger partial charge >= 0.3 is 0 Å². The molecular formula is C28H52O2. The molecule has 1 aliphatic rings. The molecule has 0 heterocycles. The third-order valence-electron chi connectivity index (χ3n) is 6.39. The van der Waals surface area contributed by atoms with Crippen LogP contribution in [-0.2, 0) is 9.47 Å². The summed E-state index contributed by atoms with van der Waals surface area (Å²) in [5, 5.41) is 0. The summed E-state index contributed by atoms with van der Waals surface area (Å²) in [7, 11) is 0. The SMILES string of the molecule is C=CCCCCCCCCCOC1CCCC(OCCCCCCCCCC=C)C1. The quantitative estimate of drug-likeness (QED) is 0.128. The molecule has 0 spiro atoms. The molecular weight excluding hydrogens is 368 g/mol. The van der Waals surface area contributed by atoms with Gasteiger partial charge in [-0.25, -0.2) is 0 Å². The van der Waals surface area contributed by atoms with Crippen LogP contribution in [0.15, 0.2) is 25.3 Å². The van der Waals surface area contributed by atoms with Crippen molar-refractivity contribution in [2.24, 2.45) is 0 Å². The fraction of sp³-hybridized carbons (Fsp3) is 0.857. The van der Waals surface area contributed by atoms with Crippen LogP contribution in [0, 0.1) is 0 Å². The first-order valence-corrected chi connectivity index (χ1v) is 13.3. The van der Waals surface area contributed by atoms with E-state index in [0.29, 0.717) is 12.2 Å². The lowest BCUT2D eigenvalue weighted by Gasteiger charge is -2.29. The smallest absolute Gasteiger partial charge is 0.0599 e. The van der Waals surface area contributed by atoms with E-state index in [1.807, 2.05) is 12.2 Å². The molecule has 0 aliphatic heterocycles. The normalized spacial score (nSPS) is 19.1. The lowest BCUT2D eigenvalue weighted by Crippen LogP contribution is -2.28. The van der Waals surface area contributed by atoms with E-state index in [-0.39, 0.29) is 0 Å². The lowest BCUT2D eigenvalue weighted by atomic mass is 9.95. The summed E-state index contributed by atoms with van der Waals surface area (Å²) in [6.45, 7) is 9.46. The molecule has 30 heavy (non-hydrogen) atoms. The maximum absolute atomic E-state index is 6.18. The second-order valence-electron chi connectivity index (χ2n) is 9.26. The molecule has 2 atom stereocenters. The zero-order valence-corrected chi connectivity index (χ0v) is 20.1. The Morgan fingerprint density at radius 1 is 0.533 bits per heavy atom. The zero-order valence-electron chi connectivity index (χ0n) is 20.1. The van der Waals surface area contributed by atoms with Gasteiger partial charge in [0.25, 0.3) is 0 Å². The Morgan fingerprint density at radius 3 is 1.30 bits per heavy atom. The number of hydrogen-bond donors (Lipinski definition) is 0. The molecule has 176 valence electrons. The van der Waals surface area contributed by atoms with E-state index in [4.69, 9.17) is 9.47 Å². The standard InChI is InChI=1S/C28H52O2/c1-3-5-7-9-11-13-15-17-19-24-29-27-22-21-23-28(26-27)30-25-20-18-16-14-12-10-8-6-4-2/h3-4,27-28H,1-2,5-26H2. The van der Waals surface area contributed by atoms with Gasteiger partial charge in [-0.3, -0.25) is 0 Å². The van der Waals surface area contributed by atoms with Crippen molar-refractivity contribution in [3.8, 4) is 0 Å². The van der Waals surface area contributed by atoms with Crippen LogP contribution in [-0.4, -0.2) is 25.4 Å². The molecule has 0 bridgehead atoms. The Bertz CT molecular complexity index is 345. The van der Waals surface area contributed by atoms with Gasteiger partial charge in [0.2, 0.25) is 0 Å². The first-order valence-electron chi connectivity index (χ1n) is 13.3. The van der Waals surface area contributed by atoms with Crippen molar-refractivity contribution >= 4 is 0 Å². The second kappa shape index (κ2) is 21.6.